The van der Waals surface area contributed by atoms with Crippen LogP contribution >= 0.6 is 11.6 Å². The van der Waals surface area contributed by atoms with Gasteiger partial charge in [0.15, 0.2) is 0 Å². The van der Waals surface area contributed by atoms with Gasteiger partial charge in [-0.2, -0.15) is 0 Å². The van der Waals surface area contributed by atoms with Gasteiger partial charge in [0.1, 0.15) is 11.9 Å². The molecule has 7 heteroatoms. The number of halogens is 1. The third kappa shape index (κ3) is 3.37. The van der Waals surface area contributed by atoms with E-state index in [1.54, 1.807) is 44.2 Å². The Bertz CT molecular complexity index is 657. The summed E-state index contributed by atoms with van der Waals surface area (Å²) in [6, 6.07) is 7.34. The molecular weight excluding hydrogens is 320 g/mol. The van der Waals surface area contributed by atoms with Crippen LogP contribution in [0.5, 0.6) is 0 Å². The summed E-state index contributed by atoms with van der Waals surface area (Å²) in [7, 11) is 0. The molecule has 23 heavy (non-hydrogen) atoms. The Hall–Kier alpha value is -2.34. The van der Waals surface area contributed by atoms with Crippen LogP contribution in [0.4, 0.5) is 4.79 Å². The van der Waals surface area contributed by atoms with Crippen molar-refractivity contribution in [1.82, 2.24) is 10.2 Å². The average Bonchev–Trinajstić information content (AvgIpc) is 2.54. The summed E-state index contributed by atoms with van der Waals surface area (Å²) >= 11 is 5.62. The normalized spacial score (nSPS) is 17.8. The zero-order valence-electron chi connectivity index (χ0n) is 12.8. The van der Waals surface area contributed by atoms with E-state index in [1.165, 1.54) is 0 Å². The second-order valence-electron chi connectivity index (χ2n) is 4.90. The molecule has 1 aliphatic heterocycles. The van der Waals surface area contributed by atoms with Crippen LogP contribution in [0.25, 0.3) is 0 Å². The number of carbonyl (C=O) groups is 3. The largest absolute Gasteiger partial charge is 0.463 e. The minimum atomic E-state index is -0.866. The van der Waals surface area contributed by atoms with Crippen molar-refractivity contribution in [2.24, 2.45) is 0 Å². The lowest BCUT2D eigenvalue weighted by Crippen LogP contribution is -2.51. The highest BCUT2D eigenvalue weighted by molar-refractivity contribution is 6.28. The average molecular weight is 337 g/mol. The van der Waals surface area contributed by atoms with Crippen LogP contribution in [0.1, 0.15) is 25.5 Å². The Kier molecular flexibility index (Phi) is 5.39. The molecule has 0 spiro atoms. The van der Waals surface area contributed by atoms with Crippen LogP contribution < -0.4 is 5.32 Å². The van der Waals surface area contributed by atoms with E-state index in [1.807, 2.05) is 0 Å². The highest BCUT2D eigenvalue weighted by atomic mass is 35.5. The molecule has 1 atom stereocenters. The fourth-order valence-electron chi connectivity index (χ4n) is 2.49. The van der Waals surface area contributed by atoms with E-state index >= 15 is 0 Å². The maximum atomic E-state index is 12.4. The number of allylic oxidation sites excluding steroid dienone is 1. The summed E-state index contributed by atoms with van der Waals surface area (Å²) in [5.74, 6) is -1.54. The molecular formula is C16H17ClN2O4. The quantitative estimate of drug-likeness (QED) is 0.676. The molecule has 1 heterocycles. The molecule has 0 unspecified atom stereocenters. The van der Waals surface area contributed by atoms with Gasteiger partial charge >= 0.3 is 12.0 Å². The first-order chi connectivity index (χ1) is 11.0. The fraction of sp³-hybridized carbons (Fsp3) is 0.312. The van der Waals surface area contributed by atoms with E-state index < -0.39 is 23.9 Å². The molecule has 0 saturated carbocycles. The Morgan fingerprint density at radius 3 is 2.52 bits per heavy atom. The summed E-state index contributed by atoms with van der Waals surface area (Å²) in [5.41, 5.74) is 1.21. The highest BCUT2D eigenvalue weighted by Crippen LogP contribution is 2.34. The van der Waals surface area contributed by atoms with E-state index in [2.05, 4.69) is 5.32 Å². The molecule has 1 aromatic carbocycles. The van der Waals surface area contributed by atoms with Gasteiger partial charge in [-0.3, -0.25) is 9.69 Å². The number of carbonyl (C=O) groups excluding carboxylic acids is 3. The van der Waals surface area contributed by atoms with E-state index in [9.17, 15) is 14.4 Å². The van der Waals surface area contributed by atoms with Gasteiger partial charge in [0.05, 0.1) is 12.2 Å². The SMILES string of the molecule is CCOC(=O)C1=C(C)NC(=O)N(C(=O)CCl)[C@@H]1c1ccccc1. The summed E-state index contributed by atoms with van der Waals surface area (Å²) < 4.78 is 5.08. The number of urea groups is 1. The smallest absolute Gasteiger partial charge is 0.338 e. The maximum Gasteiger partial charge on any atom is 0.338 e. The maximum absolute atomic E-state index is 12.4. The van der Waals surface area contributed by atoms with Gasteiger partial charge in [-0.1, -0.05) is 30.3 Å². The monoisotopic (exact) mass is 336 g/mol. The molecule has 2 rings (SSSR count). The second-order valence-corrected chi connectivity index (χ2v) is 5.17. The van der Waals surface area contributed by atoms with Crippen molar-refractivity contribution in [3.8, 4) is 0 Å². The molecule has 0 fully saturated rings. The summed E-state index contributed by atoms with van der Waals surface area (Å²) in [4.78, 5) is 37.7. The van der Waals surface area contributed by atoms with Crippen LogP contribution in [0, 0.1) is 0 Å². The highest BCUT2D eigenvalue weighted by Gasteiger charge is 2.41. The van der Waals surface area contributed by atoms with E-state index in [0.717, 1.165) is 4.90 Å². The molecule has 0 radical (unpaired) electrons. The Morgan fingerprint density at radius 2 is 1.96 bits per heavy atom. The minimum Gasteiger partial charge on any atom is -0.463 e. The van der Waals surface area contributed by atoms with Crippen molar-refractivity contribution in [1.29, 1.82) is 0 Å². The van der Waals surface area contributed by atoms with Crippen molar-refractivity contribution in [3.63, 3.8) is 0 Å². The first kappa shape index (κ1) is 17.0. The molecule has 0 aliphatic carbocycles. The molecule has 6 nitrogen and oxygen atoms in total. The topological polar surface area (TPSA) is 75.7 Å². The molecule has 0 bridgehead atoms. The molecule has 0 aromatic heterocycles. The van der Waals surface area contributed by atoms with E-state index in [0.29, 0.717) is 11.3 Å². The van der Waals surface area contributed by atoms with E-state index in [-0.39, 0.29) is 18.1 Å². The van der Waals surface area contributed by atoms with Crippen LogP contribution in [0.3, 0.4) is 0 Å². The molecule has 3 amide bonds. The number of nitrogens with one attached hydrogen (secondary N) is 1. The number of benzene rings is 1. The van der Waals surface area contributed by atoms with Gasteiger partial charge in [0, 0.05) is 5.70 Å². The Labute approximate surface area is 139 Å². The zero-order chi connectivity index (χ0) is 17.0. The Balaban J connectivity index is 2.60. The summed E-state index contributed by atoms with van der Waals surface area (Å²) in [6.07, 6.45) is 0. The van der Waals surface area contributed by atoms with Gasteiger partial charge in [-0.05, 0) is 19.4 Å². The van der Waals surface area contributed by atoms with Crippen LogP contribution in [-0.2, 0) is 14.3 Å². The third-order valence-corrected chi connectivity index (χ3v) is 3.67. The summed E-state index contributed by atoms with van der Waals surface area (Å²) in [6.45, 7) is 3.48. The predicted molar refractivity (Wildman–Crippen MR) is 84.6 cm³/mol. The second kappa shape index (κ2) is 7.28. The third-order valence-electron chi connectivity index (χ3n) is 3.44. The minimum absolute atomic E-state index is 0.189. The number of amides is 3. The molecule has 1 N–H and O–H groups in total. The van der Waals surface area contributed by atoms with Crippen molar-refractivity contribution >= 4 is 29.5 Å². The standard InChI is InChI=1S/C16H17ClN2O4/c1-3-23-15(21)13-10(2)18-16(22)19(12(20)9-17)14(13)11-7-5-4-6-8-11/h4-8,14H,3,9H2,1-2H3,(H,18,22)/t14-/m1/s1. The lowest BCUT2D eigenvalue weighted by atomic mass is 9.94. The number of imide groups is 1. The lowest BCUT2D eigenvalue weighted by Gasteiger charge is -2.36. The number of hydrogen-bond donors (Lipinski definition) is 1. The van der Waals surface area contributed by atoms with Gasteiger partial charge < -0.3 is 10.1 Å². The van der Waals surface area contributed by atoms with Crippen LogP contribution in [0.15, 0.2) is 41.6 Å². The zero-order valence-corrected chi connectivity index (χ0v) is 13.6. The van der Waals surface area contributed by atoms with Gasteiger partial charge in [-0.15, -0.1) is 11.6 Å². The number of rotatable bonds is 4. The molecule has 1 aliphatic rings. The number of nitrogens with zero attached hydrogens (tertiary/aromatic N) is 1. The molecule has 122 valence electrons. The molecule has 1 aromatic rings. The fourth-order valence-corrected chi connectivity index (χ4v) is 2.61. The van der Waals surface area contributed by atoms with Crippen molar-refractivity contribution in [3.05, 3.63) is 47.2 Å². The lowest BCUT2D eigenvalue weighted by molar-refractivity contribution is -0.139. The van der Waals surface area contributed by atoms with Gasteiger partial charge in [0.25, 0.3) is 0 Å². The number of hydrogen-bond acceptors (Lipinski definition) is 4. The number of esters is 1. The molecule has 0 saturated heterocycles. The van der Waals surface area contributed by atoms with Crippen LogP contribution in [0.2, 0.25) is 0 Å². The van der Waals surface area contributed by atoms with Gasteiger partial charge in [-0.25, -0.2) is 9.59 Å². The first-order valence-electron chi connectivity index (χ1n) is 7.13. The van der Waals surface area contributed by atoms with Crippen molar-refractivity contribution in [2.75, 3.05) is 12.5 Å². The number of ether oxygens (including phenoxy) is 1. The van der Waals surface area contributed by atoms with E-state index in [4.69, 9.17) is 16.3 Å². The van der Waals surface area contributed by atoms with Gasteiger partial charge in [0.2, 0.25) is 5.91 Å². The predicted octanol–water partition coefficient (Wildman–Crippen LogP) is 2.36. The summed E-state index contributed by atoms with van der Waals surface area (Å²) in [5, 5.41) is 2.52. The van der Waals surface area contributed by atoms with Crippen molar-refractivity contribution in [2.45, 2.75) is 19.9 Å². The van der Waals surface area contributed by atoms with Crippen LogP contribution in [-0.4, -0.2) is 35.3 Å². The van der Waals surface area contributed by atoms with Crippen molar-refractivity contribution < 1.29 is 19.1 Å². The number of alkyl halides is 1. The Morgan fingerprint density at radius 1 is 1.30 bits per heavy atom. The first-order valence-corrected chi connectivity index (χ1v) is 7.66.